The van der Waals surface area contributed by atoms with Crippen LogP contribution in [0.15, 0.2) is 52.0 Å². The largest absolute Gasteiger partial charge is 0.467 e. The molecule has 20 heavy (non-hydrogen) atoms. The van der Waals surface area contributed by atoms with Gasteiger partial charge in [-0.05, 0) is 36.4 Å². The predicted molar refractivity (Wildman–Crippen MR) is 82.0 cm³/mol. The molecule has 106 valence electrons. The molecule has 0 spiro atoms. The van der Waals surface area contributed by atoms with E-state index >= 15 is 0 Å². The normalized spacial score (nSPS) is 10.5. The number of furan rings is 1. The molecule has 1 heterocycles. The molecule has 0 aliphatic heterocycles. The summed E-state index contributed by atoms with van der Waals surface area (Å²) in [6, 6.07) is 11.3. The van der Waals surface area contributed by atoms with E-state index in [0.29, 0.717) is 13.0 Å². The molecule has 0 aliphatic rings. The summed E-state index contributed by atoms with van der Waals surface area (Å²) in [5, 5.41) is 0.726. The van der Waals surface area contributed by atoms with Gasteiger partial charge in [-0.1, -0.05) is 11.6 Å². The van der Waals surface area contributed by atoms with E-state index in [9.17, 15) is 4.79 Å². The van der Waals surface area contributed by atoms with E-state index in [1.807, 2.05) is 36.4 Å². The number of nitrogens with zero attached hydrogens (tertiary/aromatic N) is 1. The second-order valence-corrected chi connectivity index (χ2v) is 5.99. The van der Waals surface area contributed by atoms with Crippen molar-refractivity contribution >= 4 is 29.3 Å². The molecule has 2 rings (SSSR count). The minimum Gasteiger partial charge on any atom is -0.467 e. The van der Waals surface area contributed by atoms with Crippen molar-refractivity contribution in [3.8, 4) is 0 Å². The van der Waals surface area contributed by atoms with Crippen molar-refractivity contribution in [2.24, 2.45) is 0 Å². The molecule has 3 nitrogen and oxygen atoms in total. The Labute approximate surface area is 127 Å². The first-order chi connectivity index (χ1) is 9.65. The van der Waals surface area contributed by atoms with E-state index in [1.165, 1.54) is 0 Å². The maximum Gasteiger partial charge on any atom is 0.223 e. The molecule has 0 radical (unpaired) electrons. The highest BCUT2D eigenvalue weighted by atomic mass is 35.5. The Balaban J connectivity index is 1.73. The zero-order valence-corrected chi connectivity index (χ0v) is 12.8. The number of hydrogen-bond acceptors (Lipinski definition) is 3. The van der Waals surface area contributed by atoms with Gasteiger partial charge in [-0.2, -0.15) is 0 Å². The van der Waals surface area contributed by atoms with Crippen molar-refractivity contribution in [1.29, 1.82) is 0 Å². The highest BCUT2D eigenvalue weighted by Gasteiger charge is 2.10. The molecule has 5 heteroatoms. The summed E-state index contributed by atoms with van der Waals surface area (Å²) in [6.07, 6.45) is 2.12. The van der Waals surface area contributed by atoms with Crippen LogP contribution in [0.2, 0.25) is 5.02 Å². The summed E-state index contributed by atoms with van der Waals surface area (Å²) in [7, 11) is 1.79. The van der Waals surface area contributed by atoms with E-state index in [4.69, 9.17) is 16.0 Å². The van der Waals surface area contributed by atoms with Gasteiger partial charge in [-0.15, -0.1) is 11.8 Å². The maximum absolute atomic E-state index is 12.0. The van der Waals surface area contributed by atoms with Gasteiger partial charge in [0.1, 0.15) is 5.76 Å². The molecule has 0 aliphatic carbocycles. The molecule has 0 fully saturated rings. The fourth-order valence-electron chi connectivity index (χ4n) is 1.70. The van der Waals surface area contributed by atoms with Gasteiger partial charge in [-0.3, -0.25) is 4.79 Å². The molecule has 1 aromatic carbocycles. The van der Waals surface area contributed by atoms with E-state index in [0.717, 1.165) is 21.4 Å². The average Bonchev–Trinajstić information content (AvgIpc) is 2.93. The summed E-state index contributed by atoms with van der Waals surface area (Å²) in [5.41, 5.74) is 0. The topological polar surface area (TPSA) is 33.5 Å². The SMILES string of the molecule is CN(Cc1ccco1)C(=O)CCSc1ccc(Cl)cc1. The highest BCUT2D eigenvalue weighted by Crippen LogP contribution is 2.21. The van der Waals surface area contributed by atoms with Crippen LogP contribution in [-0.2, 0) is 11.3 Å². The number of carbonyl (C=O) groups is 1. The molecule has 1 aromatic heterocycles. The zero-order valence-electron chi connectivity index (χ0n) is 11.2. The van der Waals surface area contributed by atoms with Crippen molar-refractivity contribution in [1.82, 2.24) is 4.90 Å². The van der Waals surface area contributed by atoms with E-state index < -0.39 is 0 Å². The third kappa shape index (κ3) is 4.62. The molecule has 2 aromatic rings. The van der Waals surface area contributed by atoms with Gasteiger partial charge >= 0.3 is 0 Å². The molecule has 0 saturated carbocycles. The third-order valence-electron chi connectivity index (χ3n) is 2.80. The second kappa shape index (κ2) is 7.41. The highest BCUT2D eigenvalue weighted by molar-refractivity contribution is 7.99. The molecule has 0 unspecified atom stereocenters. The Bertz CT molecular complexity index is 540. The first-order valence-electron chi connectivity index (χ1n) is 6.30. The molecule has 0 bridgehead atoms. The van der Waals surface area contributed by atoms with Gasteiger partial charge in [-0.25, -0.2) is 0 Å². The fourth-order valence-corrected chi connectivity index (χ4v) is 2.67. The summed E-state index contributed by atoms with van der Waals surface area (Å²) >= 11 is 7.48. The van der Waals surface area contributed by atoms with Crippen LogP contribution in [-0.4, -0.2) is 23.6 Å². The van der Waals surface area contributed by atoms with Gasteiger partial charge in [0.2, 0.25) is 5.91 Å². The smallest absolute Gasteiger partial charge is 0.223 e. The van der Waals surface area contributed by atoms with Crippen LogP contribution < -0.4 is 0 Å². The van der Waals surface area contributed by atoms with E-state index in [-0.39, 0.29) is 5.91 Å². The zero-order chi connectivity index (χ0) is 14.4. The van der Waals surface area contributed by atoms with Crippen LogP contribution in [0.5, 0.6) is 0 Å². The monoisotopic (exact) mass is 309 g/mol. The Morgan fingerprint density at radius 3 is 2.70 bits per heavy atom. The summed E-state index contributed by atoms with van der Waals surface area (Å²) in [4.78, 5) is 14.8. The van der Waals surface area contributed by atoms with E-state index in [1.54, 1.807) is 30.0 Å². The maximum atomic E-state index is 12.0. The number of amides is 1. The minimum atomic E-state index is 0.114. The van der Waals surface area contributed by atoms with Crippen molar-refractivity contribution in [2.45, 2.75) is 17.9 Å². The van der Waals surface area contributed by atoms with Gasteiger partial charge in [0.15, 0.2) is 0 Å². The number of hydrogen-bond donors (Lipinski definition) is 0. The summed E-state index contributed by atoms with van der Waals surface area (Å²) in [5.74, 6) is 1.66. The Hall–Kier alpha value is -1.39. The van der Waals surface area contributed by atoms with Crippen LogP contribution in [0.1, 0.15) is 12.2 Å². The van der Waals surface area contributed by atoms with Crippen LogP contribution in [0.25, 0.3) is 0 Å². The number of halogens is 1. The minimum absolute atomic E-state index is 0.114. The summed E-state index contributed by atoms with van der Waals surface area (Å²) in [6.45, 7) is 0.511. The number of thioether (sulfide) groups is 1. The van der Waals surface area contributed by atoms with Crippen LogP contribution in [0.3, 0.4) is 0 Å². The van der Waals surface area contributed by atoms with Crippen LogP contribution in [0, 0.1) is 0 Å². The molecule has 0 N–H and O–H groups in total. The third-order valence-corrected chi connectivity index (χ3v) is 4.06. The Kier molecular flexibility index (Phi) is 5.56. The average molecular weight is 310 g/mol. The summed E-state index contributed by atoms with van der Waals surface area (Å²) < 4.78 is 5.23. The molecule has 0 saturated heterocycles. The lowest BCUT2D eigenvalue weighted by Crippen LogP contribution is -2.26. The van der Waals surface area contributed by atoms with Gasteiger partial charge < -0.3 is 9.32 Å². The lowest BCUT2D eigenvalue weighted by atomic mass is 10.3. The molecule has 0 atom stereocenters. The second-order valence-electron chi connectivity index (χ2n) is 4.38. The number of rotatable bonds is 6. The predicted octanol–water partition coefficient (Wildman–Crippen LogP) is 4.07. The molecular formula is C15H16ClNO2S. The van der Waals surface area contributed by atoms with Gasteiger partial charge in [0.05, 0.1) is 12.8 Å². The fraction of sp³-hybridized carbons (Fsp3) is 0.267. The van der Waals surface area contributed by atoms with Crippen molar-refractivity contribution < 1.29 is 9.21 Å². The van der Waals surface area contributed by atoms with Crippen molar-refractivity contribution in [2.75, 3.05) is 12.8 Å². The first-order valence-corrected chi connectivity index (χ1v) is 7.66. The quantitative estimate of drug-likeness (QED) is 0.754. The van der Waals surface area contributed by atoms with Crippen LogP contribution in [0.4, 0.5) is 0 Å². The lowest BCUT2D eigenvalue weighted by Gasteiger charge is -2.15. The Morgan fingerprint density at radius 2 is 2.05 bits per heavy atom. The molecular weight excluding hydrogens is 294 g/mol. The lowest BCUT2D eigenvalue weighted by molar-refractivity contribution is -0.130. The number of carbonyl (C=O) groups excluding carboxylic acids is 1. The van der Waals surface area contributed by atoms with Crippen molar-refractivity contribution in [3.63, 3.8) is 0 Å². The van der Waals surface area contributed by atoms with Gasteiger partial charge in [0, 0.05) is 29.1 Å². The standard InChI is InChI=1S/C15H16ClNO2S/c1-17(11-13-3-2-9-19-13)15(18)8-10-20-14-6-4-12(16)5-7-14/h2-7,9H,8,10-11H2,1H3. The van der Waals surface area contributed by atoms with Gasteiger partial charge in [0.25, 0.3) is 0 Å². The molecule has 1 amide bonds. The van der Waals surface area contributed by atoms with E-state index in [2.05, 4.69) is 0 Å². The number of benzene rings is 1. The Morgan fingerprint density at radius 1 is 1.30 bits per heavy atom. The van der Waals surface area contributed by atoms with Crippen LogP contribution >= 0.6 is 23.4 Å². The van der Waals surface area contributed by atoms with Crippen molar-refractivity contribution in [3.05, 3.63) is 53.4 Å². The first kappa shape index (κ1) is 15.0.